The number of benzene rings is 1. The lowest BCUT2D eigenvalue weighted by atomic mass is 10.1. The Morgan fingerprint density at radius 3 is 1.83 bits per heavy atom. The maximum atomic E-state index is 13.4. The fourth-order valence-electron chi connectivity index (χ4n) is 1.45. The Hall–Kier alpha value is -2.18. The van der Waals surface area contributed by atoms with Crippen LogP contribution in [-0.4, -0.2) is 4.98 Å². The molecule has 7 heteroatoms. The van der Waals surface area contributed by atoms with Gasteiger partial charge in [-0.1, -0.05) is 0 Å². The average molecular weight is 261 g/mol. The van der Waals surface area contributed by atoms with Gasteiger partial charge in [-0.2, -0.15) is 0 Å². The van der Waals surface area contributed by atoms with E-state index in [-0.39, 0.29) is 0 Å². The highest BCUT2D eigenvalue weighted by molar-refractivity contribution is 5.64. The molecular formula is C11H4F5NO. The van der Waals surface area contributed by atoms with Crippen LogP contribution in [0.2, 0.25) is 0 Å². The molecule has 0 aliphatic carbocycles. The Balaban J connectivity index is 2.89. The molecule has 2 aromatic rings. The minimum absolute atomic E-state index is 0.634. The summed E-state index contributed by atoms with van der Waals surface area (Å²) in [4.78, 5) is 13.7. The van der Waals surface area contributed by atoms with Gasteiger partial charge in [-0.25, -0.2) is 22.0 Å². The minimum Gasteiger partial charge on any atom is -0.367 e. The SMILES string of the molecule is O=c1cc[nH]cc1-c1c(F)c(F)c(F)c(F)c1F. The molecule has 1 N–H and O–H groups in total. The zero-order valence-electron chi connectivity index (χ0n) is 8.53. The number of halogens is 5. The smallest absolute Gasteiger partial charge is 0.200 e. The molecule has 0 radical (unpaired) electrons. The first-order chi connectivity index (χ1) is 8.45. The predicted octanol–water partition coefficient (Wildman–Crippen LogP) is 2.74. The number of rotatable bonds is 1. The van der Waals surface area contributed by atoms with Crippen LogP contribution in [0.1, 0.15) is 0 Å². The minimum atomic E-state index is -2.26. The van der Waals surface area contributed by atoms with E-state index < -0.39 is 45.6 Å². The van der Waals surface area contributed by atoms with Crippen LogP contribution in [-0.2, 0) is 0 Å². The van der Waals surface area contributed by atoms with Crippen molar-refractivity contribution in [3.63, 3.8) is 0 Å². The standard InChI is InChI=1S/C11H4F5NO/c12-7-6(4-3-17-2-1-5(4)18)8(13)10(15)11(16)9(7)14/h1-3H,(H,17,18). The lowest BCUT2D eigenvalue weighted by Crippen LogP contribution is -2.10. The normalized spacial score (nSPS) is 10.7. The van der Waals surface area contributed by atoms with Crippen molar-refractivity contribution in [2.24, 2.45) is 0 Å². The third-order valence-electron chi connectivity index (χ3n) is 2.30. The monoisotopic (exact) mass is 261 g/mol. The molecule has 94 valence electrons. The topological polar surface area (TPSA) is 32.9 Å². The van der Waals surface area contributed by atoms with Gasteiger partial charge in [0.15, 0.2) is 28.7 Å². The van der Waals surface area contributed by atoms with Gasteiger partial charge in [0.25, 0.3) is 0 Å². The van der Waals surface area contributed by atoms with E-state index in [0.29, 0.717) is 0 Å². The van der Waals surface area contributed by atoms with Gasteiger partial charge in [-0.3, -0.25) is 4.79 Å². The maximum absolute atomic E-state index is 13.4. The third kappa shape index (κ3) is 1.68. The molecule has 18 heavy (non-hydrogen) atoms. The number of hydrogen-bond acceptors (Lipinski definition) is 1. The van der Waals surface area contributed by atoms with Crippen LogP contribution in [0.3, 0.4) is 0 Å². The Morgan fingerprint density at radius 2 is 1.33 bits per heavy atom. The van der Waals surface area contributed by atoms with Gasteiger partial charge in [0, 0.05) is 18.5 Å². The summed E-state index contributed by atoms with van der Waals surface area (Å²) in [5.41, 5.74) is -2.74. The van der Waals surface area contributed by atoms with Gasteiger partial charge in [0.05, 0.1) is 11.1 Å². The Bertz CT molecular complexity index is 651. The van der Waals surface area contributed by atoms with E-state index in [9.17, 15) is 26.7 Å². The van der Waals surface area contributed by atoms with Crippen molar-refractivity contribution in [2.45, 2.75) is 0 Å². The van der Waals surface area contributed by atoms with Crippen LogP contribution < -0.4 is 5.43 Å². The van der Waals surface area contributed by atoms with Crippen molar-refractivity contribution in [3.05, 3.63) is 57.8 Å². The molecule has 0 fully saturated rings. The highest BCUT2D eigenvalue weighted by Crippen LogP contribution is 2.29. The molecule has 0 bridgehead atoms. The molecule has 1 heterocycles. The molecule has 0 saturated heterocycles. The van der Waals surface area contributed by atoms with Crippen LogP contribution in [0.25, 0.3) is 11.1 Å². The Morgan fingerprint density at radius 1 is 0.833 bits per heavy atom. The summed E-state index contributed by atoms with van der Waals surface area (Å²) in [6.45, 7) is 0. The van der Waals surface area contributed by atoms with E-state index >= 15 is 0 Å². The molecule has 0 atom stereocenters. The summed E-state index contributed by atoms with van der Waals surface area (Å²) >= 11 is 0. The number of aromatic nitrogens is 1. The number of hydrogen-bond donors (Lipinski definition) is 1. The highest BCUT2D eigenvalue weighted by Gasteiger charge is 2.27. The van der Waals surface area contributed by atoms with Crippen molar-refractivity contribution in [3.8, 4) is 11.1 Å². The first-order valence-electron chi connectivity index (χ1n) is 4.64. The second kappa shape index (κ2) is 4.25. The molecule has 1 aromatic heterocycles. The van der Waals surface area contributed by atoms with Gasteiger partial charge in [0.2, 0.25) is 5.82 Å². The number of pyridine rings is 1. The van der Waals surface area contributed by atoms with Crippen molar-refractivity contribution in [2.75, 3.05) is 0 Å². The summed E-state index contributed by atoms with van der Waals surface area (Å²) < 4.78 is 65.5. The van der Waals surface area contributed by atoms with Crippen LogP contribution in [0.4, 0.5) is 22.0 Å². The van der Waals surface area contributed by atoms with E-state index in [1.165, 1.54) is 0 Å². The van der Waals surface area contributed by atoms with Gasteiger partial charge in [0.1, 0.15) is 0 Å². The van der Waals surface area contributed by atoms with E-state index in [2.05, 4.69) is 4.98 Å². The average Bonchev–Trinajstić information content (AvgIpc) is 2.36. The van der Waals surface area contributed by atoms with E-state index in [1.54, 1.807) is 0 Å². The summed E-state index contributed by atoms with van der Waals surface area (Å²) in [5, 5.41) is 0. The van der Waals surface area contributed by atoms with E-state index in [1.807, 2.05) is 0 Å². The molecule has 2 nitrogen and oxygen atoms in total. The molecule has 0 unspecified atom stereocenters. The maximum Gasteiger partial charge on any atom is 0.200 e. The van der Waals surface area contributed by atoms with Crippen molar-refractivity contribution >= 4 is 0 Å². The van der Waals surface area contributed by atoms with Gasteiger partial charge >= 0.3 is 0 Å². The Kier molecular flexibility index (Phi) is 2.90. The largest absolute Gasteiger partial charge is 0.367 e. The van der Waals surface area contributed by atoms with Crippen LogP contribution in [0, 0.1) is 29.1 Å². The summed E-state index contributed by atoms with van der Waals surface area (Å²) in [5.74, 6) is -10.5. The fraction of sp³-hybridized carbons (Fsp3) is 0. The summed E-state index contributed by atoms with van der Waals surface area (Å²) in [7, 11) is 0. The summed E-state index contributed by atoms with van der Waals surface area (Å²) in [6, 6.07) is 0.910. The quantitative estimate of drug-likeness (QED) is 0.478. The van der Waals surface area contributed by atoms with Crippen LogP contribution in [0.5, 0.6) is 0 Å². The molecule has 0 aliphatic heterocycles. The van der Waals surface area contributed by atoms with E-state index in [4.69, 9.17) is 0 Å². The molecule has 0 saturated carbocycles. The number of nitrogens with one attached hydrogen (secondary N) is 1. The molecule has 1 aromatic carbocycles. The summed E-state index contributed by atoms with van der Waals surface area (Å²) in [6.07, 6.45) is 2.03. The highest BCUT2D eigenvalue weighted by atomic mass is 19.2. The van der Waals surface area contributed by atoms with Crippen molar-refractivity contribution in [1.29, 1.82) is 0 Å². The first-order valence-corrected chi connectivity index (χ1v) is 4.64. The lowest BCUT2D eigenvalue weighted by molar-refractivity contribution is 0.381. The fourth-order valence-corrected chi connectivity index (χ4v) is 1.45. The zero-order valence-corrected chi connectivity index (χ0v) is 8.53. The predicted molar refractivity (Wildman–Crippen MR) is 52.3 cm³/mol. The second-order valence-electron chi connectivity index (χ2n) is 3.37. The lowest BCUT2D eigenvalue weighted by Gasteiger charge is -2.07. The van der Waals surface area contributed by atoms with Gasteiger partial charge in [-0.05, 0) is 0 Å². The number of H-pyrrole nitrogens is 1. The second-order valence-corrected chi connectivity index (χ2v) is 3.37. The Labute approximate surface area is 96.7 Å². The van der Waals surface area contributed by atoms with Crippen molar-refractivity contribution in [1.82, 2.24) is 4.98 Å². The van der Waals surface area contributed by atoms with Gasteiger partial charge in [-0.15, -0.1) is 0 Å². The molecule has 0 spiro atoms. The number of aromatic amines is 1. The van der Waals surface area contributed by atoms with Gasteiger partial charge < -0.3 is 4.98 Å². The molecule has 2 rings (SSSR count). The van der Waals surface area contributed by atoms with Crippen LogP contribution >= 0.6 is 0 Å². The first kappa shape index (κ1) is 12.3. The molecule has 0 aliphatic rings. The molecular weight excluding hydrogens is 257 g/mol. The van der Waals surface area contributed by atoms with E-state index in [0.717, 1.165) is 18.5 Å². The van der Waals surface area contributed by atoms with Crippen LogP contribution in [0.15, 0.2) is 23.3 Å². The molecule has 0 amide bonds. The van der Waals surface area contributed by atoms with Crippen molar-refractivity contribution < 1.29 is 22.0 Å². The third-order valence-corrected chi connectivity index (χ3v) is 2.30. The zero-order chi connectivity index (χ0) is 13.4.